The fourth-order valence-electron chi connectivity index (χ4n) is 2.29. The van der Waals surface area contributed by atoms with Gasteiger partial charge in [0, 0.05) is 35.2 Å². The fraction of sp³-hybridized carbons (Fsp3) is 0.462. The summed E-state index contributed by atoms with van der Waals surface area (Å²) in [4.78, 5) is 0. The minimum absolute atomic E-state index is 0.372. The van der Waals surface area contributed by atoms with Crippen LogP contribution in [0.1, 0.15) is 31.2 Å². The van der Waals surface area contributed by atoms with Crippen molar-refractivity contribution in [2.24, 2.45) is 5.73 Å². The summed E-state index contributed by atoms with van der Waals surface area (Å²) in [7, 11) is 0. The SMILES string of the molecule is N=Cc1cc(N[C@H]2CC[C@H](N)CC2)ccc1N. The van der Waals surface area contributed by atoms with Gasteiger partial charge in [-0.15, -0.1) is 0 Å². The molecule has 6 N–H and O–H groups in total. The van der Waals surface area contributed by atoms with Gasteiger partial charge in [0.05, 0.1) is 0 Å². The first-order chi connectivity index (χ1) is 8.19. The summed E-state index contributed by atoms with van der Waals surface area (Å²) in [6, 6.07) is 6.61. The lowest BCUT2D eigenvalue weighted by Crippen LogP contribution is -2.32. The van der Waals surface area contributed by atoms with E-state index in [1.54, 1.807) is 0 Å². The Hall–Kier alpha value is -1.55. The van der Waals surface area contributed by atoms with E-state index in [0.717, 1.165) is 36.9 Å². The van der Waals surface area contributed by atoms with Gasteiger partial charge in [0.25, 0.3) is 0 Å². The predicted molar refractivity (Wildman–Crippen MR) is 72.6 cm³/mol. The van der Waals surface area contributed by atoms with Gasteiger partial charge in [-0.1, -0.05) is 0 Å². The summed E-state index contributed by atoms with van der Waals surface area (Å²) in [5.41, 5.74) is 14.1. The zero-order valence-corrected chi connectivity index (χ0v) is 9.95. The molecular formula is C13H20N4. The van der Waals surface area contributed by atoms with Gasteiger partial charge < -0.3 is 22.2 Å². The molecule has 0 atom stereocenters. The summed E-state index contributed by atoms with van der Waals surface area (Å²) < 4.78 is 0. The van der Waals surface area contributed by atoms with E-state index in [1.165, 1.54) is 6.21 Å². The Labute approximate surface area is 102 Å². The molecule has 0 aromatic heterocycles. The molecule has 17 heavy (non-hydrogen) atoms. The van der Waals surface area contributed by atoms with Crippen LogP contribution in [0.4, 0.5) is 11.4 Å². The van der Waals surface area contributed by atoms with Crippen molar-refractivity contribution < 1.29 is 0 Å². The van der Waals surface area contributed by atoms with E-state index < -0.39 is 0 Å². The maximum atomic E-state index is 7.28. The molecule has 1 saturated carbocycles. The fourth-order valence-corrected chi connectivity index (χ4v) is 2.29. The van der Waals surface area contributed by atoms with Crippen molar-refractivity contribution in [3.63, 3.8) is 0 Å². The van der Waals surface area contributed by atoms with Crippen LogP contribution < -0.4 is 16.8 Å². The highest BCUT2D eigenvalue weighted by atomic mass is 14.9. The number of nitrogens with one attached hydrogen (secondary N) is 2. The van der Waals surface area contributed by atoms with E-state index >= 15 is 0 Å². The van der Waals surface area contributed by atoms with Crippen LogP contribution in [-0.2, 0) is 0 Å². The molecule has 1 aromatic rings. The highest BCUT2D eigenvalue weighted by Crippen LogP contribution is 2.23. The molecule has 1 aliphatic rings. The van der Waals surface area contributed by atoms with E-state index in [4.69, 9.17) is 16.9 Å². The molecular weight excluding hydrogens is 212 g/mol. The second kappa shape index (κ2) is 5.19. The van der Waals surface area contributed by atoms with Crippen LogP contribution in [0.5, 0.6) is 0 Å². The molecule has 1 aromatic carbocycles. The zero-order valence-electron chi connectivity index (χ0n) is 9.95. The van der Waals surface area contributed by atoms with Crippen LogP contribution in [0.3, 0.4) is 0 Å². The van der Waals surface area contributed by atoms with Crippen molar-refractivity contribution in [3.05, 3.63) is 23.8 Å². The quantitative estimate of drug-likeness (QED) is 0.474. The number of rotatable bonds is 3. The monoisotopic (exact) mass is 232 g/mol. The first kappa shape index (κ1) is 11.9. The molecule has 0 radical (unpaired) electrons. The van der Waals surface area contributed by atoms with Gasteiger partial charge in [0.1, 0.15) is 0 Å². The van der Waals surface area contributed by atoms with Crippen molar-refractivity contribution in [1.82, 2.24) is 0 Å². The average Bonchev–Trinajstić information content (AvgIpc) is 2.34. The highest BCUT2D eigenvalue weighted by molar-refractivity contribution is 5.86. The van der Waals surface area contributed by atoms with Gasteiger partial charge in [0.2, 0.25) is 0 Å². The van der Waals surface area contributed by atoms with E-state index in [0.29, 0.717) is 17.8 Å². The van der Waals surface area contributed by atoms with Crippen molar-refractivity contribution in [2.45, 2.75) is 37.8 Å². The van der Waals surface area contributed by atoms with Crippen LogP contribution in [0, 0.1) is 5.41 Å². The predicted octanol–water partition coefficient (Wildman–Crippen LogP) is 1.95. The molecule has 2 rings (SSSR count). The number of nitrogen functional groups attached to an aromatic ring is 1. The topological polar surface area (TPSA) is 87.9 Å². The van der Waals surface area contributed by atoms with E-state index in [1.807, 2.05) is 18.2 Å². The summed E-state index contributed by atoms with van der Waals surface area (Å²) in [6.07, 6.45) is 5.70. The molecule has 0 unspecified atom stereocenters. The lowest BCUT2D eigenvalue weighted by Gasteiger charge is -2.27. The van der Waals surface area contributed by atoms with Crippen LogP contribution in [0.25, 0.3) is 0 Å². The third-order valence-corrected chi connectivity index (χ3v) is 3.38. The van der Waals surface area contributed by atoms with Crippen LogP contribution in [-0.4, -0.2) is 18.3 Å². The molecule has 0 bridgehead atoms. The van der Waals surface area contributed by atoms with Crippen LogP contribution in [0.15, 0.2) is 18.2 Å². The Balaban J connectivity index is 2.01. The molecule has 4 nitrogen and oxygen atoms in total. The van der Waals surface area contributed by atoms with Crippen molar-refractivity contribution in [1.29, 1.82) is 5.41 Å². The molecule has 0 spiro atoms. The van der Waals surface area contributed by atoms with E-state index in [9.17, 15) is 0 Å². The summed E-state index contributed by atoms with van der Waals surface area (Å²) in [5.74, 6) is 0. The largest absolute Gasteiger partial charge is 0.398 e. The number of anilines is 2. The van der Waals surface area contributed by atoms with Gasteiger partial charge in [-0.05, 0) is 43.9 Å². The molecule has 0 saturated heterocycles. The second-order valence-corrected chi connectivity index (χ2v) is 4.74. The van der Waals surface area contributed by atoms with Gasteiger partial charge in [-0.3, -0.25) is 0 Å². The lowest BCUT2D eigenvalue weighted by molar-refractivity contribution is 0.411. The second-order valence-electron chi connectivity index (χ2n) is 4.74. The van der Waals surface area contributed by atoms with E-state index in [-0.39, 0.29) is 0 Å². The molecule has 1 aliphatic carbocycles. The highest BCUT2D eigenvalue weighted by Gasteiger charge is 2.18. The van der Waals surface area contributed by atoms with Gasteiger partial charge in [-0.25, -0.2) is 0 Å². The van der Waals surface area contributed by atoms with Crippen LogP contribution >= 0.6 is 0 Å². The van der Waals surface area contributed by atoms with Gasteiger partial charge >= 0.3 is 0 Å². The maximum Gasteiger partial charge on any atom is 0.0404 e. The average molecular weight is 232 g/mol. The van der Waals surface area contributed by atoms with Crippen molar-refractivity contribution in [3.8, 4) is 0 Å². The normalized spacial score (nSPS) is 24.3. The summed E-state index contributed by atoms with van der Waals surface area (Å²) in [5, 5.41) is 10.8. The van der Waals surface area contributed by atoms with Crippen molar-refractivity contribution in [2.75, 3.05) is 11.1 Å². The third-order valence-electron chi connectivity index (χ3n) is 3.38. The molecule has 92 valence electrons. The minimum atomic E-state index is 0.372. The maximum absolute atomic E-state index is 7.28. The Morgan fingerprint density at radius 2 is 1.94 bits per heavy atom. The van der Waals surface area contributed by atoms with Gasteiger partial charge in [0.15, 0.2) is 0 Å². The Morgan fingerprint density at radius 1 is 1.24 bits per heavy atom. The Kier molecular flexibility index (Phi) is 3.64. The van der Waals surface area contributed by atoms with Crippen molar-refractivity contribution >= 4 is 17.6 Å². The molecule has 1 fully saturated rings. The van der Waals surface area contributed by atoms with E-state index in [2.05, 4.69) is 5.32 Å². The number of nitrogens with two attached hydrogens (primary N) is 2. The first-order valence-corrected chi connectivity index (χ1v) is 6.11. The zero-order chi connectivity index (χ0) is 12.3. The third kappa shape index (κ3) is 2.97. The number of hydrogen-bond acceptors (Lipinski definition) is 4. The standard InChI is InChI=1S/C13H20N4/c14-8-9-7-12(5-6-13(9)16)17-11-3-1-10(15)2-4-11/h5-8,10-11,14,17H,1-4,15-16H2/t10-,11-. The van der Waals surface area contributed by atoms with Gasteiger partial charge in [-0.2, -0.15) is 0 Å². The number of benzene rings is 1. The lowest BCUT2D eigenvalue weighted by atomic mass is 9.91. The smallest absolute Gasteiger partial charge is 0.0404 e. The summed E-state index contributed by atoms with van der Waals surface area (Å²) >= 11 is 0. The molecule has 0 heterocycles. The Bertz CT molecular complexity index is 394. The molecule has 0 amide bonds. The number of hydrogen-bond donors (Lipinski definition) is 4. The molecule has 4 heteroatoms. The first-order valence-electron chi connectivity index (χ1n) is 6.11. The Morgan fingerprint density at radius 3 is 2.59 bits per heavy atom. The summed E-state index contributed by atoms with van der Waals surface area (Å²) in [6.45, 7) is 0. The minimum Gasteiger partial charge on any atom is -0.398 e. The molecule has 0 aliphatic heterocycles. The van der Waals surface area contributed by atoms with Crippen LogP contribution in [0.2, 0.25) is 0 Å².